The van der Waals surface area contributed by atoms with E-state index in [4.69, 9.17) is 14.2 Å². The van der Waals surface area contributed by atoms with Crippen molar-refractivity contribution in [1.82, 2.24) is 0 Å². The second kappa shape index (κ2) is 12.2. The van der Waals surface area contributed by atoms with Gasteiger partial charge in [-0.15, -0.1) is 0 Å². The van der Waals surface area contributed by atoms with Gasteiger partial charge in [-0.05, 0) is 63.5 Å². The molecule has 8 unspecified atom stereocenters. The van der Waals surface area contributed by atoms with E-state index in [1.54, 1.807) is 13.0 Å². The largest absolute Gasteiger partial charge is 0.508 e. The number of fused-ring (bicyclic) bond motifs is 5. The van der Waals surface area contributed by atoms with Crippen molar-refractivity contribution < 1.29 is 42.9 Å². The minimum atomic E-state index is -2.08. The Hall–Kier alpha value is -2.55. The predicted molar refractivity (Wildman–Crippen MR) is 153 cm³/mol. The molecule has 0 aliphatic heterocycles. The van der Waals surface area contributed by atoms with E-state index in [2.05, 4.69) is 0 Å². The fraction of sp³-hybridized carbons (Fsp3) is 0.758. The maximum atomic E-state index is 17.6. The van der Waals surface area contributed by atoms with Gasteiger partial charge in [0.15, 0.2) is 23.7 Å². The van der Waals surface area contributed by atoms with Crippen LogP contribution in [0.25, 0.3) is 0 Å². The van der Waals surface area contributed by atoms with Gasteiger partial charge in [0.05, 0.1) is 12.7 Å². The van der Waals surface area contributed by atoms with Crippen LogP contribution in [0.5, 0.6) is 0 Å². The van der Waals surface area contributed by atoms with Gasteiger partial charge in [-0.25, -0.2) is 9.18 Å². The number of Topliss-reactive ketones (excluding diaryl/α,β-unsaturated/α-hetero) is 1. The highest BCUT2D eigenvalue weighted by Crippen LogP contribution is 2.71. The molecule has 0 spiro atoms. The van der Waals surface area contributed by atoms with Crippen molar-refractivity contribution in [2.75, 3.05) is 13.2 Å². The van der Waals surface area contributed by atoms with E-state index in [-0.39, 0.29) is 25.2 Å². The molecule has 8 atom stereocenters. The summed E-state index contributed by atoms with van der Waals surface area (Å²) >= 11 is 0. The molecule has 234 valence electrons. The van der Waals surface area contributed by atoms with Crippen LogP contribution in [-0.4, -0.2) is 59.4 Å². The topological polar surface area (TPSA) is 116 Å². The van der Waals surface area contributed by atoms with Crippen molar-refractivity contribution in [2.24, 2.45) is 28.6 Å². The van der Waals surface area contributed by atoms with Gasteiger partial charge in [0.25, 0.3) is 0 Å². The quantitative estimate of drug-likeness (QED) is 0.231. The van der Waals surface area contributed by atoms with Crippen LogP contribution in [0.4, 0.5) is 9.18 Å². The molecule has 4 rings (SSSR count). The maximum absolute atomic E-state index is 17.6. The average Bonchev–Trinajstić information content (AvgIpc) is 3.16. The molecule has 0 radical (unpaired) electrons. The number of ketones is 2. The van der Waals surface area contributed by atoms with Gasteiger partial charge in [0, 0.05) is 29.1 Å². The first-order valence-corrected chi connectivity index (χ1v) is 15.7. The zero-order valence-electron chi connectivity index (χ0n) is 25.7. The number of alkyl halides is 1. The van der Waals surface area contributed by atoms with Crippen LogP contribution in [0.2, 0.25) is 0 Å². The molecule has 0 aromatic heterocycles. The number of ether oxygens (including phenoxy) is 3. The summed E-state index contributed by atoms with van der Waals surface area (Å²) in [6.07, 6.45) is 7.09. The normalized spacial score (nSPS) is 38.5. The molecule has 3 fully saturated rings. The number of carbonyl (C=O) groups is 4. The Morgan fingerprint density at radius 3 is 2.48 bits per heavy atom. The minimum absolute atomic E-state index is 0.114. The maximum Gasteiger partial charge on any atom is 0.508 e. The van der Waals surface area contributed by atoms with E-state index in [9.17, 15) is 24.3 Å². The predicted octanol–water partition coefficient (Wildman–Crippen LogP) is 5.99. The number of carbonyl (C=O) groups excluding carboxylic acids is 4. The molecule has 0 amide bonds. The lowest BCUT2D eigenvalue weighted by molar-refractivity contribution is -0.228. The zero-order valence-corrected chi connectivity index (χ0v) is 25.7. The summed E-state index contributed by atoms with van der Waals surface area (Å²) in [4.78, 5) is 51.8. The smallest absolute Gasteiger partial charge is 0.450 e. The summed E-state index contributed by atoms with van der Waals surface area (Å²) in [6.45, 7) is 8.86. The molecule has 3 saturated carbocycles. The first-order chi connectivity index (χ1) is 19.8. The van der Waals surface area contributed by atoms with Crippen molar-refractivity contribution in [2.45, 2.75) is 116 Å². The second-order valence-corrected chi connectivity index (χ2v) is 13.2. The molecular formula is C33H47FO8. The number of allylic oxidation sites excluding steroid dienone is 4. The Balaban J connectivity index is 1.68. The van der Waals surface area contributed by atoms with E-state index in [0.29, 0.717) is 37.7 Å². The summed E-state index contributed by atoms with van der Waals surface area (Å²) in [5.74, 6) is -2.89. The second-order valence-electron chi connectivity index (χ2n) is 13.2. The summed E-state index contributed by atoms with van der Waals surface area (Å²) < 4.78 is 34.1. The molecule has 4 aliphatic rings. The molecule has 0 aromatic carbocycles. The third kappa shape index (κ3) is 5.03. The fourth-order valence-electron chi connectivity index (χ4n) is 8.73. The van der Waals surface area contributed by atoms with Gasteiger partial charge in [-0.3, -0.25) is 14.4 Å². The lowest BCUT2D eigenvalue weighted by Crippen LogP contribution is -2.70. The zero-order chi connectivity index (χ0) is 30.9. The molecule has 1 N–H and O–H groups in total. The van der Waals surface area contributed by atoms with Crippen LogP contribution in [0.3, 0.4) is 0 Å². The van der Waals surface area contributed by atoms with Gasteiger partial charge >= 0.3 is 12.1 Å². The molecule has 8 nitrogen and oxygen atoms in total. The summed E-state index contributed by atoms with van der Waals surface area (Å²) in [5, 5.41) is 11.7. The molecule has 0 saturated heterocycles. The monoisotopic (exact) mass is 590 g/mol. The van der Waals surface area contributed by atoms with E-state index in [1.165, 1.54) is 12.2 Å². The molecule has 0 bridgehead atoms. The van der Waals surface area contributed by atoms with E-state index >= 15 is 4.39 Å². The Morgan fingerprint density at radius 2 is 1.79 bits per heavy atom. The molecule has 0 aromatic rings. The Bertz CT molecular complexity index is 1150. The number of hydrogen-bond acceptors (Lipinski definition) is 8. The molecule has 0 heterocycles. The molecule has 42 heavy (non-hydrogen) atoms. The highest BCUT2D eigenvalue weighted by atomic mass is 19.1. The van der Waals surface area contributed by atoms with E-state index < -0.39 is 70.5 Å². The number of hydrogen-bond donors (Lipinski definition) is 1. The van der Waals surface area contributed by atoms with Crippen LogP contribution in [0.1, 0.15) is 98.8 Å². The molecular weight excluding hydrogens is 543 g/mol. The van der Waals surface area contributed by atoms with E-state index in [0.717, 1.165) is 19.3 Å². The lowest BCUT2D eigenvalue weighted by Gasteiger charge is -2.62. The summed E-state index contributed by atoms with van der Waals surface area (Å²) in [5.41, 5.74) is -5.43. The lowest BCUT2D eigenvalue weighted by atomic mass is 9.44. The van der Waals surface area contributed by atoms with Crippen LogP contribution in [0, 0.1) is 28.6 Å². The molecule has 9 heteroatoms. The van der Waals surface area contributed by atoms with Crippen LogP contribution in [0.15, 0.2) is 23.8 Å². The van der Waals surface area contributed by atoms with Gasteiger partial charge in [0.2, 0.25) is 5.78 Å². The van der Waals surface area contributed by atoms with Crippen molar-refractivity contribution in [1.29, 1.82) is 0 Å². The van der Waals surface area contributed by atoms with Crippen LogP contribution >= 0.6 is 0 Å². The third-order valence-electron chi connectivity index (χ3n) is 10.9. The van der Waals surface area contributed by atoms with Crippen LogP contribution < -0.4 is 0 Å². The van der Waals surface area contributed by atoms with Gasteiger partial charge < -0.3 is 19.3 Å². The highest BCUT2D eigenvalue weighted by molar-refractivity contribution is 6.01. The molecule has 4 aliphatic carbocycles. The fourth-order valence-corrected chi connectivity index (χ4v) is 8.73. The summed E-state index contributed by atoms with van der Waals surface area (Å²) in [7, 11) is 0. The number of esters is 1. The first-order valence-electron chi connectivity index (χ1n) is 15.7. The van der Waals surface area contributed by atoms with Gasteiger partial charge in [0.1, 0.15) is 0 Å². The first kappa shape index (κ1) is 32.4. The third-order valence-corrected chi connectivity index (χ3v) is 10.9. The number of halogens is 1. The Morgan fingerprint density at radius 1 is 1.07 bits per heavy atom. The number of aliphatic hydroxyl groups is 1. The Labute approximate surface area is 248 Å². The van der Waals surface area contributed by atoms with Crippen molar-refractivity contribution in [3.8, 4) is 0 Å². The minimum Gasteiger partial charge on any atom is -0.450 e. The highest BCUT2D eigenvalue weighted by Gasteiger charge is 2.77. The number of unbranched alkanes of at least 4 members (excludes halogenated alkanes) is 3. The average molecular weight is 591 g/mol. The SMILES string of the molecule is CCCCCOC(=O)OCC(=O)C1(OC(=O)CCCC)C(C)CC2C3CCC4=CC(=O)C=CC4(C)C3(F)C(O)CC21C. The van der Waals surface area contributed by atoms with Crippen molar-refractivity contribution in [3.63, 3.8) is 0 Å². The van der Waals surface area contributed by atoms with E-state index in [1.807, 2.05) is 27.7 Å². The van der Waals surface area contributed by atoms with Gasteiger partial charge in [-0.2, -0.15) is 0 Å². The number of rotatable bonds is 11. The van der Waals surface area contributed by atoms with Crippen molar-refractivity contribution in [3.05, 3.63) is 23.8 Å². The van der Waals surface area contributed by atoms with Crippen molar-refractivity contribution >= 4 is 23.7 Å². The van der Waals surface area contributed by atoms with Gasteiger partial charge in [-0.1, -0.05) is 58.6 Å². The van der Waals surface area contributed by atoms with Crippen LogP contribution in [-0.2, 0) is 28.6 Å². The number of aliphatic hydroxyl groups excluding tert-OH is 1. The summed E-state index contributed by atoms with van der Waals surface area (Å²) in [6, 6.07) is 0. The Kier molecular flexibility index (Phi) is 9.41. The standard InChI is InChI=1S/C33H47FO8/c1-6-8-10-16-40-29(39)41-20-27(37)33(42-28(38)11-9-7-2)21(3)17-25-24-13-12-22-18-23(35)14-15-30(22,4)32(24,34)26(36)19-31(25,33)5/h14-15,18,21,24-26,36H,6-13,16-17,19-20H2,1-5H3.